The van der Waals surface area contributed by atoms with E-state index in [0.29, 0.717) is 0 Å². The van der Waals surface area contributed by atoms with Crippen LogP contribution in [0, 0.1) is 5.92 Å². The third kappa shape index (κ3) is 3.08. The number of halogens is 2. The van der Waals surface area contributed by atoms with Crippen molar-refractivity contribution in [1.82, 2.24) is 4.90 Å². The Balaban J connectivity index is 1.93. The first-order chi connectivity index (χ1) is 12.3. The van der Waals surface area contributed by atoms with Crippen molar-refractivity contribution >= 4 is 41.0 Å². The SMILES string of the molecule is CC(C)[C@@H](C(=O)Oc1cccc(Cl)c1Cl)N1C(=O)c2ccccc2C1=O. The number of hydrogen-bond acceptors (Lipinski definition) is 4. The van der Waals surface area contributed by atoms with Crippen LogP contribution in [0.3, 0.4) is 0 Å². The average molecular weight is 392 g/mol. The van der Waals surface area contributed by atoms with Gasteiger partial charge in [0, 0.05) is 0 Å². The largest absolute Gasteiger partial charge is 0.423 e. The second-order valence-corrected chi connectivity index (χ2v) is 6.97. The van der Waals surface area contributed by atoms with Crippen LogP contribution in [-0.2, 0) is 4.79 Å². The molecule has 0 saturated heterocycles. The molecule has 26 heavy (non-hydrogen) atoms. The van der Waals surface area contributed by atoms with Gasteiger partial charge in [0.1, 0.15) is 11.1 Å². The molecule has 0 aliphatic carbocycles. The number of imide groups is 1. The van der Waals surface area contributed by atoms with Crippen molar-refractivity contribution in [3.8, 4) is 5.75 Å². The van der Waals surface area contributed by atoms with E-state index < -0.39 is 23.8 Å². The number of fused-ring (bicyclic) bond motifs is 1. The molecular weight excluding hydrogens is 377 g/mol. The highest BCUT2D eigenvalue weighted by molar-refractivity contribution is 6.43. The van der Waals surface area contributed by atoms with Crippen molar-refractivity contribution in [3.05, 3.63) is 63.6 Å². The highest BCUT2D eigenvalue weighted by Gasteiger charge is 2.44. The summed E-state index contributed by atoms with van der Waals surface area (Å²) in [7, 11) is 0. The molecule has 1 heterocycles. The summed E-state index contributed by atoms with van der Waals surface area (Å²) in [4.78, 5) is 39.1. The van der Waals surface area contributed by atoms with E-state index in [2.05, 4.69) is 0 Å². The quantitative estimate of drug-likeness (QED) is 0.444. The molecule has 0 radical (unpaired) electrons. The van der Waals surface area contributed by atoms with Gasteiger partial charge in [-0.1, -0.05) is 55.2 Å². The third-order valence-corrected chi connectivity index (χ3v) is 4.90. The van der Waals surface area contributed by atoms with Gasteiger partial charge in [-0.25, -0.2) is 4.79 Å². The van der Waals surface area contributed by atoms with Gasteiger partial charge in [0.25, 0.3) is 11.8 Å². The predicted octanol–water partition coefficient (Wildman–Crippen LogP) is 4.22. The molecule has 1 aliphatic heterocycles. The predicted molar refractivity (Wildman–Crippen MR) is 97.7 cm³/mol. The van der Waals surface area contributed by atoms with Crippen molar-refractivity contribution in [1.29, 1.82) is 0 Å². The van der Waals surface area contributed by atoms with Gasteiger partial charge < -0.3 is 4.74 Å². The molecule has 1 atom stereocenters. The van der Waals surface area contributed by atoms with E-state index in [-0.39, 0.29) is 32.8 Å². The fourth-order valence-corrected chi connectivity index (χ4v) is 3.20. The molecule has 0 fully saturated rings. The van der Waals surface area contributed by atoms with Crippen LogP contribution in [0.4, 0.5) is 0 Å². The maximum absolute atomic E-state index is 12.8. The van der Waals surface area contributed by atoms with Crippen LogP contribution in [0.25, 0.3) is 0 Å². The molecule has 0 aromatic heterocycles. The average Bonchev–Trinajstić information content (AvgIpc) is 2.85. The number of ether oxygens (including phenoxy) is 1. The van der Waals surface area contributed by atoms with E-state index >= 15 is 0 Å². The molecule has 0 N–H and O–H groups in total. The molecule has 3 rings (SSSR count). The highest BCUT2D eigenvalue weighted by Crippen LogP contribution is 2.33. The topological polar surface area (TPSA) is 63.7 Å². The lowest BCUT2D eigenvalue weighted by atomic mass is 10.0. The molecular formula is C19H15Cl2NO4. The Kier molecular flexibility index (Phi) is 5.03. The summed E-state index contributed by atoms with van der Waals surface area (Å²) in [5.41, 5.74) is 0.550. The zero-order chi connectivity index (χ0) is 19.0. The van der Waals surface area contributed by atoms with Gasteiger partial charge in [0.15, 0.2) is 5.75 Å². The molecule has 0 unspecified atom stereocenters. The molecule has 1 aliphatic rings. The van der Waals surface area contributed by atoms with Gasteiger partial charge >= 0.3 is 5.97 Å². The van der Waals surface area contributed by atoms with Crippen LogP contribution in [0.2, 0.25) is 10.0 Å². The van der Waals surface area contributed by atoms with Crippen molar-refractivity contribution in [2.75, 3.05) is 0 Å². The summed E-state index contributed by atoms with van der Waals surface area (Å²) in [6.45, 7) is 3.46. The van der Waals surface area contributed by atoms with Gasteiger partial charge in [0.2, 0.25) is 0 Å². The molecule has 2 amide bonds. The summed E-state index contributed by atoms with van der Waals surface area (Å²) in [6, 6.07) is 10.0. The van der Waals surface area contributed by atoms with Crippen molar-refractivity contribution < 1.29 is 19.1 Å². The normalized spacial score (nSPS) is 14.6. The first kappa shape index (κ1) is 18.4. The second-order valence-electron chi connectivity index (χ2n) is 6.19. The number of carbonyl (C=O) groups is 3. The Morgan fingerprint density at radius 1 is 0.962 bits per heavy atom. The Morgan fingerprint density at radius 3 is 2.08 bits per heavy atom. The lowest BCUT2D eigenvalue weighted by molar-refractivity contribution is -0.140. The number of hydrogen-bond donors (Lipinski definition) is 0. The van der Waals surface area contributed by atoms with Crippen molar-refractivity contribution in [3.63, 3.8) is 0 Å². The zero-order valence-electron chi connectivity index (χ0n) is 14.0. The first-order valence-corrected chi connectivity index (χ1v) is 8.71. The van der Waals surface area contributed by atoms with Crippen LogP contribution in [0.1, 0.15) is 34.6 Å². The fraction of sp³-hybridized carbons (Fsp3) is 0.211. The summed E-state index contributed by atoms with van der Waals surface area (Å²) >= 11 is 12.0. The molecule has 0 bridgehead atoms. The van der Waals surface area contributed by atoms with Crippen LogP contribution in [0.5, 0.6) is 5.75 Å². The van der Waals surface area contributed by atoms with E-state index in [1.165, 1.54) is 6.07 Å². The van der Waals surface area contributed by atoms with Crippen LogP contribution in [0.15, 0.2) is 42.5 Å². The Hall–Kier alpha value is -2.37. The van der Waals surface area contributed by atoms with Gasteiger partial charge in [-0.05, 0) is 30.2 Å². The monoisotopic (exact) mass is 391 g/mol. The maximum Gasteiger partial charge on any atom is 0.335 e. The van der Waals surface area contributed by atoms with Gasteiger partial charge in [-0.15, -0.1) is 0 Å². The minimum atomic E-state index is -1.09. The third-order valence-electron chi connectivity index (χ3n) is 4.10. The van der Waals surface area contributed by atoms with E-state index in [0.717, 1.165) is 4.90 Å². The van der Waals surface area contributed by atoms with E-state index in [4.69, 9.17) is 27.9 Å². The molecule has 7 heteroatoms. The maximum atomic E-state index is 12.8. The van der Waals surface area contributed by atoms with E-state index in [1.807, 2.05) is 0 Å². The van der Waals surface area contributed by atoms with Crippen molar-refractivity contribution in [2.45, 2.75) is 19.9 Å². The van der Waals surface area contributed by atoms with Gasteiger partial charge in [-0.2, -0.15) is 0 Å². The minimum Gasteiger partial charge on any atom is -0.423 e. The number of nitrogens with zero attached hydrogens (tertiary/aromatic N) is 1. The standard InChI is InChI=1S/C19H15Cl2NO4/c1-10(2)16(19(25)26-14-9-5-8-13(20)15(14)21)22-17(23)11-6-3-4-7-12(11)18(22)24/h3-10,16H,1-2H3/t16-/m0/s1. The van der Waals surface area contributed by atoms with Crippen molar-refractivity contribution in [2.24, 2.45) is 5.92 Å². The Labute approximate surface area is 160 Å². The Bertz CT molecular complexity index is 875. The van der Waals surface area contributed by atoms with E-state index in [9.17, 15) is 14.4 Å². The van der Waals surface area contributed by atoms with Gasteiger partial charge in [-0.3, -0.25) is 14.5 Å². The molecule has 2 aromatic rings. The number of carbonyl (C=O) groups excluding carboxylic acids is 3. The summed E-state index contributed by atoms with van der Waals surface area (Å²) in [5.74, 6) is -2.07. The van der Waals surface area contributed by atoms with E-state index in [1.54, 1.807) is 50.2 Å². The fourth-order valence-electron chi connectivity index (χ4n) is 2.87. The Morgan fingerprint density at radius 2 is 1.54 bits per heavy atom. The molecule has 0 spiro atoms. The first-order valence-electron chi connectivity index (χ1n) is 7.95. The van der Waals surface area contributed by atoms with Gasteiger partial charge in [0.05, 0.1) is 16.1 Å². The number of amides is 2. The second kappa shape index (κ2) is 7.09. The smallest absolute Gasteiger partial charge is 0.335 e. The zero-order valence-corrected chi connectivity index (χ0v) is 15.5. The molecule has 2 aromatic carbocycles. The lowest BCUT2D eigenvalue weighted by Gasteiger charge is -2.27. The van der Waals surface area contributed by atoms with Crippen LogP contribution < -0.4 is 4.74 Å². The summed E-state index contributed by atoms with van der Waals surface area (Å²) < 4.78 is 5.36. The molecule has 134 valence electrons. The summed E-state index contributed by atoms with van der Waals surface area (Å²) in [6.07, 6.45) is 0. The lowest BCUT2D eigenvalue weighted by Crippen LogP contribution is -2.49. The minimum absolute atomic E-state index is 0.0754. The molecule has 0 saturated carbocycles. The molecule has 5 nitrogen and oxygen atoms in total. The number of esters is 1. The highest BCUT2D eigenvalue weighted by atomic mass is 35.5. The number of rotatable bonds is 4. The van der Waals surface area contributed by atoms with Crippen LogP contribution >= 0.6 is 23.2 Å². The van der Waals surface area contributed by atoms with Crippen LogP contribution in [-0.4, -0.2) is 28.7 Å². The summed E-state index contributed by atoms with van der Waals surface area (Å²) in [5, 5.41) is 0.325. The number of benzene rings is 2.